The molecule has 0 bridgehead atoms. The molecule has 0 saturated carbocycles. The fourth-order valence-electron chi connectivity index (χ4n) is 3.00. The summed E-state index contributed by atoms with van der Waals surface area (Å²) in [6, 6.07) is 4.66. The van der Waals surface area contributed by atoms with Crippen LogP contribution >= 0.6 is 11.6 Å². The molecule has 1 aliphatic heterocycles. The standard InChI is InChI=1S/C17H18ClN3O5/c1-3-12-13(22)8-14(23)21(12)9-5-6-10(11(18)7-9)15-19-16(26-20-15)17(24)25-4-2/h5-7,12-13,22H,3-4,8H2,1-2H3/t12-,13+/m0/s1. The highest BCUT2D eigenvalue weighted by Gasteiger charge is 2.38. The van der Waals surface area contributed by atoms with Crippen molar-refractivity contribution in [1.82, 2.24) is 10.1 Å². The van der Waals surface area contributed by atoms with Crippen molar-refractivity contribution >= 4 is 29.2 Å². The summed E-state index contributed by atoms with van der Waals surface area (Å²) in [5, 5.41) is 14.1. The van der Waals surface area contributed by atoms with E-state index in [9.17, 15) is 14.7 Å². The van der Waals surface area contributed by atoms with Crippen LogP contribution < -0.4 is 4.90 Å². The Morgan fingerprint density at radius 1 is 1.46 bits per heavy atom. The van der Waals surface area contributed by atoms with Gasteiger partial charge >= 0.3 is 11.9 Å². The van der Waals surface area contributed by atoms with E-state index < -0.39 is 12.1 Å². The molecular weight excluding hydrogens is 362 g/mol. The van der Waals surface area contributed by atoms with E-state index >= 15 is 0 Å². The Balaban J connectivity index is 1.89. The molecule has 0 spiro atoms. The molecule has 1 aromatic heterocycles. The Morgan fingerprint density at radius 2 is 2.23 bits per heavy atom. The van der Waals surface area contributed by atoms with E-state index in [1.807, 2.05) is 6.92 Å². The van der Waals surface area contributed by atoms with Crippen molar-refractivity contribution in [1.29, 1.82) is 0 Å². The molecular formula is C17H18ClN3O5. The number of hydrogen-bond donors (Lipinski definition) is 1. The molecule has 0 radical (unpaired) electrons. The highest BCUT2D eigenvalue weighted by Crippen LogP contribution is 2.34. The van der Waals surface area contributed by atoms with Crippen molar-refractivity contribution in [2.45, 2.75) is 38.8 Å². The number of halogens is 1. The Labute approximate surface area is 154 Å². The number of rotatable bonds is 5. The molecule has 2 heterocycles. The van der Waals surface area contributed by atoms with E-state index in [1.165, 1.54) is 0 Å². The molecule has 1 saturated heterocycles. The van der Waals surface area contributed by atoms with Gasteiger partial charge in [0.2, 0.25) is 11.7 Å². The number of carbonyl (C=O) groups excluding carboxylic acids is 2. The van der Waals surface area contributed by atoms with Crippen LogP contribution in [-0.4, -0.2) is 45.9 Å². The molecule has 1 aromatic carbocycles. The number of carbonyl (C=O) groups is 2. The number of aromatic nitrogens is 2. The van der Waals surface area contributed by atoms with Crippen LogP contribution in [-0.2, 0) is 9.53 Å². The number of hydrogen-bond acceptors (Lipinski definition) is 7. The first-order valence-corrected chi connectivity index (χ1v) is 8.64. The number of ether oxygens (including phenoxy) is 1. The summed E-state index contributed by atoms with van der Waals surface area (Å²) in [5.41, 5.74) is 1.04. The topological polar surface area (TPSA) is 106 Å². The molecule has 8 nitrogen and oxygen atoms in total. The van der Waals surface area contributed by atoms with E-state index in [-0.39, 0.29) is 36.7 Å². The fourth-order valence-corrected chi connectivity index (χ4v) is 3.26. The normalized spacial score (nSPS) is 19.8. The maximum Gasteiger partial charge on any atom is 0.397 e. The Bertz CT molecular complexity index is 838. The Kier molecular flexibility index (Phi) is 5.24. The van der Waals surface area contributed by atoms with Crippen molar-refractivity contribution in [3.8, 4) is 11.4 Å². The minimum Gasteiger partial charge on any atom is -0.459 e. The van der Waals surface area contributed by atoms with Gasteiger partial charge in [0, 0.05) is 11.3 Å². The average molecular weight is 380 g/mol. The van der Waals surface area contributed by atoms with Crippen LogP contribution in [0.25, 0.3) is 11.4 Å². The second-order valence-corrected chi connectivity index (χ2v) is 6.23. The van der Waals surface area contributed by atoms with Crippen LogP contribution in [0.3, 0.4) is 0 Å². The molecule has 2 aromatic rings. The number of amides is 1. The third-order valence-corrected chi connectivity index (χ3v) is 4.51. The highest BCUT2D eigenvalue weighted by atomic mass is 35.5. The zero-order valence-electron chi connectivity index (χ0n) is 14.3. The van der Waals surface area contributed by atoms with Gasteiger partial charge in [-0.25, -0.2) is 4.79 Å². The predicted molar refractivity (Wildman–Crippen MR) is 92.9 cm³/mol. The van der Waals surface area contributed by atoms with E-state index in [0.717, 1.165) is 0 Å². The molecule has 1 amide bonds. The summed E-state index contributed by atoms with van der Waals surface area (Å²) in [6.45, 7) is 3.77. The van der Waals surface area contributed by atoms with Gasteiger partial charge < -0.3 is 19.3 Å². The van der Waals surface area contributed by atoms with Crippen molar-refractivity contribution in [3.05, 3.63) is 29.1 Å². The first-order valence-electron chi connectivity index (χ1n) is 8.27. The van der Waals surface area contributed by atoms with Crippen molar-refractivity contribution in [3.63, 3.8) is 0 Å². The minimum absolute atomic E-state index is 0.0889. The van der Waals surface area contributed by atoms with E-state index in [0.29, 0.717) is 22.7 Å². The second kappa shape index (κ2) is 7.43. The molecule has 1 N–H and O–H groups in total. The van der Waals surface area contributed by atoms with Crippen LogP contribution in [0, 0.1) is 0 Å². The lowest BCUT2D eigenvalue weighted by molar-refractivity contribution is -0.117. The van der Waals surface area contributed by atoms with Gasteiger partial charge in [0.25, 0.3) is 0 Å². The monoisotopic (exact) mass is 379 g/mol. The maximum atomic E-state index is 12.2. The van der Waals surface area contributed by atoms with Crippen molar-refractivity contribution < 1.29 is 24.0 Å². The number of anilines is 1. The van der Waals surface area contributed by atoms with E-state index in [2.05, 4.69) is 10.1 Å². The minimum atomic E-state index is -0.707. The predicted octanol–water partition coefficient (Wildman–Crippen LogP) is 2.44. The summed E-state index contributed by atoms with van der Waals surface area (Å²) in [4.78, 5) is 29.4. The molecule has 0 aliphatic carbocycles. The van der Waals surface area contributed by atoms with Gasteiger partial charge in [0.1, 0.15) is 0 Å². The molecule has 3 rings (SSSR count). The van der Waals surface area contributed by atoms with Crippen molar-refractivity contribution in [2.24, 2.45) is 0 Å². The zero-order valence-corrected chi connectivity index (χ0v) is 15.1. The highest BCUT2D eigenvalue weighted by molar-refractivity contribution is 6.33. The lowest BCUT2D eigenvalue weighted by Gasteiger charge is -2.25. The Hall–Kier alpha value is -2.45. The fraction of sp³-hybridized carbons (Fsp3) is 0.412. The van der Waals surface area contributed by atoms with Crippen LogP contribution in [0.4, 0.5) is 5.69 Å². The smallest absolute Gasteiger partial charge is 0.397 e. The van der Waals surface area contributed by atoms with Crippen LogP contribution in [0.1, 0.15) is 37.4 Å². The first kappa shape index (κ1) is 18.3. The molecule has 26 heavy (non-hydrogen) atoms. The lowest BCUT2D eigenvalue weighted by Crippen LogP contribution is -2.36. The SMILES string of the molecule is CCOC(=O)c1nc(-c2ccc(N3C(=O)C[C@@H](O)[C@@H]3CC)cc2Cl)no1. The zero-order chi connectivity index (χ0) is 18.8. The molecule has 9 heteroatoms. The molecule has 1 aliphatic rings. The number of aliphatic hydroxyl groups is 1. The van der Waals surface area contributed by atoms with E-state index in [4.69, 9.17) is 20.9 Å². The van der Waals surface area contributed by atoms with Crippen LogP contribution in [0.2, 0.25) is 5.02 Å². The second-order valence-electron chi connectivity index (χ2n) is 5.82. The summed E-state index contributed by atoms with van der Waals surface area (Å²) >= 11 is 6.33. The molecule has 1 fully saturated rings. The van der Waals surface area contributed by atoms with Gasteiger partial charge in [-0.15, -0.1) is 0 Å². The number of aliphatic hydroxyl groups excluding tert-OH is 1. The maximum absolute atomic E-state index is 12.2. The summed E-state index contributed by atoms with van der Waals surface area (Å²) in [7, 11) is 0. The van der Waals surface area contributed by atoms with Gasteiger partial charge in [0.05, 0.1) is 30.2 Å². The average Bonchev–Trinajstić information content (AvgIpc) is 3.19. The van der Waals surface area contributed by atoms with Gasteiger partial charge in [-0.1, -0.05) is 23.7 Å². The van der Waals surface area contributed by atoms with Gasteiger partial charge in [0.15, 0.2) is 0 Å². The summed E-state index contributed by atoms with van der Waals surface area (Å²) in [5.74, 6) is -0.978. The lowest BCUT2D eigenvalue weighted by atomic mass is 10.1. The number of nitrogens with zero attached hydrogens (tertiary/aromatic N) is 3. The summed E-state index contributed by atoms with van der Waals surface area (Å²) < 4.78 is 9.70. The third kappa shape index (κ3) is 3.30. The molecule has 138 valence electrons. The van der Waals surface area contributed by atoms with Crippen LogP contribution in [0.5, 0.6) is 0 Å². The van der Waals surface area contributed by atoms with Crippen molar-refractivity contribution in [2.75, 3.05) is 11.5 Å². The third-order valence-electron chi connectivity index (χ3n) is 4.19. The first-order chi connectivity index (χ1) is 12.5. The largest absolute Gasteiger partial charge is 0.459 e. The number of benzene rings is 1. The van der Waals surface area contributed by atoms with E-state index in [1.54, 1.807) is 30.0 Å². The number of esters is 1. The molecule has 0 unspecified atom stereocenters. The molecule has 2 atom stereocenters. The Morgan fingerprint density at radius 3 is 2.88 bits per heavy atom. The quantitative estimate of drug-likeness (QED) is 0.795. The van der Waals surface area contributed by atoms with Gasteiger partial charge in [-0.2, -0.15) is 4.98 Å². The van der Waals surface area contributed by atoms with Gasteiger partial charge in [-0.3, -0.25) is 4.79 Å². The van der Waals surface area contributed by atoms with Gasteiger partial charge in [-0.05, 0) is 31.5 Å². The summed E-state index contributed by atoms with van der Waals surface area (Å²) in [6.07, 6.45) is 0.0151. The van der Waals surface area contributed by atoms with Crippen LogP contribution in [0.15, 0.2) is 22.7 Å².